The van der Waals surface area contributed by atoms with Gasteiger partial charge in [0.1, 0.15) is 0 Å². The summed E-state index contributed by atoms with van der Waals surface area (Å²) in [5.74, 6) is 0.348. The van der Waals surface area contributed by atoms with Crippen molar-refractivity contribution in [2.75, 3.05) is 0 Å². The van der Waals surface area contributed by atoms with Crippen molar-refractivity contribution >= 4 is 0 Å². The smallest absolute Gasteiger partial charge is 0.0729 e. The van der Waals surface area contributed by atoms with Crippen molar-refractivity contribution in [3.63, 3.8) is 0 Å². The van der Waals surface area contributed by atoms with Crippen LogP contribution in [0, 0.1) is 16.7 Å². The molecule has 3 atom stereocenters. The highest BCUT2D eigenvalue weighted by Crippen LogP contribution is 2.42. The second kappa shape index (κ2) is 16.1. The van der Waals surface area contributed by atoms with Gasteiger partial charge in [-0.25, -0.2) is 0 Å². The summed E-state index contributed by atoms with van der Waals surface area (Å²) in [6.45, 7) is 21.6. The van der Waals surface area contributed by atoms with Crippen molar-refractivity contribution in [2.24, 2.45) is 16.7 Å². The summed E-state index contributed by atoms with van der Waals surface area (Å²) < 4.78 is 0. The van der Waals surface area contributed by atoms with Crippen LogP contribution in [-0.2, 0) is 0 Å². The summed E-state index contributed by atoms with van der Waals surface area (Å²) in [6.07, 6.45) is 33.8. The molecule has 2 N–H and O–H groups in total. The molecule has 2 aliphatic rings. The lowest BCUT2D eigenvalue weighted by Gasteiger charge is -2.38. The van der Waals surface area contributed by atoms with Gasteiger partial charge in [-0.1, -0.05) is 152 Å². The van der Waals surface area contributed by atoms with Crippen LogP contribution in [0.1, 0.15) is 88.5 Å². The number of aliphatic hydroxyl groups excluding tert-OH is 2. The van der Waals surface area contributed by atoms with Gasteiger partial charge in [0, 0.05) is 5.92 Å². The number of allylic oxidation sites excluding steroid dienone is 20. The highest BCUT2D eigenvalue weighted by molar-refractivity contribution is 5.38. The second-order valence-electron chi connectivity index (χ2n) is 13.7. The Balaban J connectivity index is 1.90. The molecule has 0 bridgehead atoms. The van der Waals surface area contributed by atoms with Crippen LogP contribution in [0.3, 0.4) is 0 Å². The number of hydrogen-bond donors (Lipinski definition) is 2. The fourth-order valence-corrected chi connectivity index (χ4v) is 6.14. The quantitative estimate of drug-likeness (QED) is 0.203. The van der Waals surface area contributed by atoms with E-state index >= 15 is 0 Å². The Hall–Kier alpha value is -2.94. The van der Waals surface area contributed by atoms with Crippen LogP contribution in [0.25, 0.3) is 0 Å². The van der Waals surface area contributed by atoms with Gasteiger partial charge in [-0.2, -0.15) is 0 Å². The number of aliphatic hydroxyl groups is 2. The monoisotopic (exact) mass is 568 g/mol. The lowest BCUT2D eigenvalue weighted by atomic mass is 9.67. The maximum atomic E-state index is 10.1. The van der Waals surface area contributed by atoms with Crippen LogP contribution in [0.15, 0.2) is 130 Å². The minimum Gasteiger partial charge on any atom is -0.393 e. The Morgan fingerprint density at radius 2 is 1.21 bits per heavy atom. The Morgan fingerprint density at radius 1 is 0.714 bits per heavy atom. The maximum absolute atomic E-state index is 10.1. The maximum Gasteiger partial charge on any atom is 0.0729 e. The Kier molecular flexibility index (Phi) is 13.5. The van der Waals surface area contributed by atoms with E-state index in [1.165, 1.54) is 39.0 Å². The van der Waals surface area contributed by atoms with Crippen LogP contribution >= 0.6 is 0 Å². The van der Waals surface area contributed by atoms with E-state index in [0.29, 0.717) is 5.92 Å². The van der Waals surface area contributed by atoms with E-state index in [1.807, 2.05) is 6.08 Å². The third-order valence-corrected chi connectivity index (χ3v) is 8.33. The fourth-order valence-electron chi connectivity index (χ4n) is 6.14. The van der Waals surface area contributed by atoms with Gasteiger partial charge in [0.2, 0.25) is 0 Å². The average Bonchev–Trinajstić information content (AvgIpc) is 2.84. The summed E-state index contributed by atoms with van der Waals surface area (Å²) in [7, 11) is 0. The first-order valence-corrected chi connectivity index (χ1v) is 15.4. The molecular weight excluding hydrogens is 512 g/mol. The predicted molar refractivity (Wildman–Crippen MR) is 184 cm³/mol. The largest absolute Gasteiger partial charge is 0.393 e. The predicted octanol–water partition coefficient (Wildman–Crippen LogP) is 10.4. The third-order valence-electron chi connectivity index (χ3n) is 8.33. The van der Waals surface area contributed by atoms with E-state index in [0.717, 1.165) is 19.3 Å². The molecule has 2 aliphatic carbocycles. The molecular formula is C40H56O2. The van der Waals surface area contributed by atoms with Crippen molar-refractivity contribution in [1.29, 1.82) is 0 Å². The normalized spacial score (nSPS) is 26.6. The lowest BCUT2D eigenvalue weighted by Crippen LogP contribution is -2.32. The molecule has 0 fully saturated rings. The first-order valence-electron chi connectivity index (χ1n) is 15.4. The third kappa shape index (κ3) is 11.7. The molecule has 0 heterocycles. The summed E-state index contributed by atoms with van der Waals surface area (Å²) in [5.41, 5.74) is 8.73. The molecule has 0 aromatic heterocycles. The van der Waals surface area contributed by atoms with Gasteiger partial charge >= 0.3 is 0 Å². The van der Waals surface area contributed by atoms with Crippen molar-refractivity contribution in [1.82, 2.24) is 0 Å². The molecule has 1 unspecified atom stereocenters. The van der Waals surface area contributed by atoms with Crippen molar-refractivity contribution in [3.05, 3.63) is 130 Å². The molecule has 2 nitrogen and oxygen atoms in total. The Morgan fingerprint density at radius 3 is 1.74 bits per heavy atom. The molecule has 0 amide bonds. The van der Waals surface area contributed by atoms with E-state index in [-0.39, 0.29) is 23.0 Å². The van der Waals surface area contributed by atoms with Crippen LogP contribution < -0.4 is 0 Å². The van der Waals surface area contributed by atoms with Gasteiger partial charge in [0.15, 0.2) is 0 Å². The van der Waals surface area contributed by atoms with Gasteiger partial charge in [0.25, 0.3) is 0 Å². The van der Waals surface area contributed by atoms with Crippen LogP contribution in [-0.4, -0.2) is 22.4 Å². The van der Waals surface area contributed by atoms with Crippen LogP contribution in [0.5, 0.6) is 0 Å². The van der Waals surface area contributed by atoms with Crippen LogP contribution in [0.4, 0.5) is 0 Å². The van der Waals surface area contributed by atoms with Crippen molar-refractivity contribution in [2.45, 2.75) is 101 Å². The number of rotatable bonds is 10. The molecule has 0 radical (unpaired) electrons. The summed E-state index contributed by atoms with van der Waals surface area (Å²) >= 11 is 0. The van der Waals surface area contributed by atoms with E-state index in [1.54, 1.807) is 0 Å². The molecule has 0 saturated carbocycles. The fraction of sp³-hybridized carbons (Fsp3) is 0.450. The highest BCUT2D eigenvalue weighted by Gasteiger charge is 2.34. The number of hydrogen-bond acceptors (Lipinski definition) is 2. The molecule has 0 aromatic carbocycles. The first-order chi connectivity index (χ1) is 19.6. The van der Waals surface area contributed by atoms with E-state index in [4.69, 9.17) is 0 Å². The molecule has 228 valence electrons. The van der Waals surface area contributed by atoms with E-state index in [9.17, 15) is 10.2 Å². The average molecular weight is 569 g/mol. The zero-order valence-corrected chi connectivity index (χ0v) is 27.9. The summed E-state index contributed by atoms with van der Waals surface area (Å²) in [4.78, 5) is 0. The molecule has 42 heavy (non-hydrogen) atoms. The molecule has 0 aromatic rings. The van der Waals surface area contributed by atoms with Gasteiger partial charge in [-0.15, -0.1) is 0 Å². The minimum atomic E-state index is -0.331. The lowest BCUT2D eigenvalue weighted by molar-refractivity contribution is 0.116. The first kappa shape index (κ1) is 35.3. The van der Waals surface area contributed by atoms with E-state index in [2.05, 4.69) is 154 Å². The highest BCUT2D eigenvalue weighted by atomic mass is 16.3. The summed E-state index contributed by atoms with van der Waals surface area (Å²) in [6, 6.07) is 0. The summed E-state index contributed by atoms with van der Waals surface area (Å²) in [5, 5.41) is 20.2. The van der Waals surface area contributed by atoms with Gasteiger partial charge < -0.3 is 10.2 Å². The Labute approximate surface area is 257 Å². The van der Waals surface area contributed by atoms with Gasteiger partial charge in [-0.3, -0.25) is 0 Å². The van der Waals surface area contributed by atoms with Crippen molar-refractivity contribution in [3.8, 4) is 0 Å². The molecule has 2 rings (SSSR count). The molecule has 0 aliphatic heterocycles. The standard InChI is InChI=1S/C40H56O2/c1-29(17-13-19-31(3)21-23-37-33(5)25-35(41)27-39(37,7)8)15-11-12-16-30(2)18-14-20-32(4)22-24-38-34(6)26-36(42)28-40(38,9)10/h11-25,35-37,41-42H,26-28H2,1-10H3/t35?,36-,37+/m1/s1. The second-order valence-corrected chi connectivity index (χ2v) is 13.7. The van der Waals surface area contributed by atoms with Gasteiger partial charge in [-0.05, 0) is 77.2 Å². The molecule has 0 saturated heterocycles. The zero-order valence-electron chi connectivity index (χ0n) is 27.9. The van der Waals surface area contributed by atoms with Crippen molar-refractivity contribution < 1.29 is 10.2 Å². The topological polar surface area (TPSA) is 40.5 Å². The van der Waals surface area contributed by atoms with E-state index < -0.39 is 0 Å². The zero-order chi connectivity index (χ0) is 31.5. The molecule has 2 heteroatoms. The van der Waals surface area contributed by atoms with Crippen LogP contribution in [0.2, 0.25) is 0 Å². The Bertz CT molecular complexity index is 1270. The molecule has 0 spiro atoms. The SMILES string of the molecule is CC(C=CC=C(C)C=CC1=C(C)C[C@@H](O)CC1(C)C)=CC=CC=C(C)C=CC=C(C)C=C[C@H]1C(C)=CC(O)CC1(C)C. The minimum absolute atomic E-state index is 0.00528. The van der Waals surface area contributed by atoms with Gasteiger partial charge in [0.05, 0.1) is 12.2 Å².